The molecule has 3 aliphatic heterocycles. The van der Waals surface area contributed by atoms with E-state index < -0.39 is 0 Å². The quantitative estimate of drug-likeness (QED) is 0.448. The molecule has 3 aromatic rings. The highest BCUT2D eigenvalue weighted by molar-refractivity contribution is 5.86. The van der Waals surface area contributed by atoms with Gasteiger partial charge in [0.15, 0.2) is 5.82 Å². The second-order valence-corrected chi connectivity index (χ2v) is 11.3. The molecule has 2 aromatic heterocycles. The molecule has 3 fully saturated rings. The van der Waals surface area contributed by atoms with Crippen molar-refractivity contribution in [3.63, 3.8) is 0 Å². The number of morpholine rings is 2. The lowest BCUT2D eigenvalue weighted by molar-refractivity contribution is -0.0347. The largest absolute Gasteiger partial charge is 0.379 e. The van der Waals surface area contributed by atoms with Crippen LogP contribution in [0.1, 0.15) is 35.5 Å². The first-order chi connectivity index (χ1) is 19.7. The lowest BCUT2D eigenvalue weighted by Gasteiger charge is -2.46. The van der Waals surface area contributed by atoms with Crippen LogP contribution in [0.3, 0.4) is 0 Å². The van der Waals surface area contributed by atoms with Crippen LogP contribution < -0.4 is 4.90 Å². The zero-order valence-electron chi connectivity index (χ0n) is 23.5. The van der Waals surface area contributed by atoms with E-state index in [1.54, 1.807) is 7.11 Å². The molecule has 0 bridgehead atoms. The third-order valence-corrected chi connectivity index (χ3v) is 8.84. The molecule has 1 unspecified atom stereocenters. The Morgan fingerprint density at radius 2 is 1.68 bits per heavy atom. The second kappa shape index (κ2) is 11.1. The zero-order valence-corrected chi connectivity index (χ0v) is 23.5. The summed E-state index contributed by atoms with van der Waals surface area (Å²) in [5.41, 5.74) is 6.46. The Hall–Kier alpha value is -2.95. The molecule has 7 rings (SSSR count). The zero-order chi connectivity index (χ0) is 27.1. The summed E-state index contributed by atoms with van der Waals surface area (Å²) >= 11 is 0. The second-order valence-electron chi connectivity index (χ2n) is 11.3. The Morgan fingerprint density at radius 1 is 0.925 bits per heavy atom. The molecule has 1 aromatic carbocycles. The molecule has 9 nitrogen and oxygen atoms in total. The van der Waals surface area contributed by atoms with Crippen molar-refractivity contribution in [3.8, 4) is 0 Å². The average molecular weight is 543 g/mol. The Labute approximate surface area is 235 Å². The maximum absolute atomic E-state index is 5.79. The minimum atomic E-state index is -0.0479. The Morgan fingerprint density at radius 3 is 2.45 bits per heavy atom. The van der Waals surface area contributed by atoms with Crippen molar-refractivity contribution in [1.82, 2.24) is 24.8 Å². The molecule has 9 heteroatoms. The van der Waals surface area contributed by atoms with Crippen molar-refractivity contribution in [1.29, 1.82) is 0 Å². The molecular weight excluding hydrogens is 504 g/mol. The first-order valence-electron chi connectivity index (χ1n) is 14.6. The molecular formula is C31H38N6O3. The van der Waals surface area contributed by atoms with Crippen LogP contribution in [0.5, 0.6) is 0 Å². The van der Waals surface area contributed by atoms with Gasteiger partial charge in [-0.25, -0.2) is 15.0 Å². The van der Waals surface area contributed by atoms with Gasteiger partial charge in [-0.15, -0.1) is 0 Å². The van der Waals surface area contributed by atoms with Crippen molar-refractivity contribution in [2.75, 3.05) is 77.7 Å². The highest BCUT2D eigenvalue weighted by Crippen LogP contribution is 2.42. The van der Waals surface area contributed by atoms with Gasteiger partial charge in [0.1, 0.15) is 11.3 Å². The van der Waals surface area contributed by atoms with Crippen molar-refractivity contribution in [2.45, 2.75) is 31.5 Å². The van der Waals surface area contributed by atoms with Crippen LogP contribution in [-0.2, 0) is 20.8 Å². The molecule has 1 aliphatic carbocycles. The fourth-order valence-corrected chi connectivity index (χ4v) is 6.47. The smallest absolute Gasteiger partial charge is 0.159 e. The number of nitrogens with zero attached hydrogens (tertiary/aromatic N) is 6. The molecule has 210 valence electrons. The number of anilines is 1. The van der Waals surface area contributed by atoms with Crippen LogP contribution in [-0.4, -0.2) is 110 Å². The molecule has 0 spiro atoms. The summed E-state index contributed by atoms with van der Waals surface area (Å²) in [7, 11) is 1.76. The molecule has 40 heavy (non-hydrogen) atoms. The number of likely N-dealkylation sites (tertiary alicyclic amines) is 1. The van der Waals surface area contributed by atoms with Crippen molar-refractivity contribution >= 4 is 22.9 Å². The Bertz CT molecular complexity index is 1400. The van der Waals surface area contributed by atoms with Crippen LogP contribution in [0.25, 0.3) is 17.1 Å². The van der Waals surface area contributed by atoms with Gasteiger partial charge in [-0.1, -0.05) is 30.3 Å². The summed E-state index contributed by atoms with van der Waals surface area (Å²) < 4.78 is 17.0. The van der Waals surface area contributed by atoms with E-state index >= 15 is 0 Å². The molecule has 0 N–H and O–H groups in total. The lowest BCUT2D eigenvalue weighted by Crippen LogP contribution is -2.60. The summed E-state index contributed by atoms with van der Waals surface area (Å²) in [6.07, 6.45) is 2.20. The number of pyridine rings is 1. The Kier molecular flexibility index (Phi) is 7.24. The first-order valence-corrected chi connectivity index (χ1v) is 14.6. The summed E-state index contributed by atoms with van der Waals surface area (Å²) in [5, 5.41) is 0. The van der Waals surface area contributed by atoms with Crippen molar-refractivity contribution in [3.05, 3.63) is 64.6 Å². The minimum absolute atomic E-state index is 0.0400. The van der Waals surface area contributed by atoms with E-state index in [9.17, 15) is 0 Å². The standard InChI is InChI=1S/C31H38N6O3/c1-21(38-2)26-17-22-5-3-4-6-25(22)28(26)30-33-27-8-7-23(18-35-19-24(20-35)36-9-13-39-14-10-36)32-29(27)31(34-30)37-11-15-40-16-12-37/h3-8,17,21,24,28H,9-16,18-20H2,1-2H3/t21-,28?/m0/s1. The monoisotopic (exact) mass is 542 g/mol. The summed E-state index contributed by atoms with van der Waals surface area (Å²) in [5.74, 6) is 1.67. The van der Waals surface area contributed by atoms with E-state index in [4.69, 9.17) is 29.2 Å². The number of methoxy groups -OCH3 is 1. The molecule has 5 heterocycles. The van der Waals surface area contributed by atoms with Gasteiger partial charge >= 0.3 is 0 Å². The average Bonchev–Trinajstić information content (AvgIpc) is 3.38. The van der Waals surface area contributed by atoms with Crippen molar-refractivity contribution < 1.29 is 14.2 Å². The van der Waals surface area contributed by atoms with E-state index in [0.717, 1.165) is 87.4 Å². The number of hydrogen-bond acceptors (Lipinski definition) is 9. The lowest BCUT2D eigenvalue weighted by atomic mass is 9.92. The van der Waals surface area contributed by atoms with Crippen molar-refractivity contribution in [2.24, 2.45) is 0 Å². The number of hydrogen-bond donors (Lipinski definition) is 0. The van der Waals surface area contributed by atoms with Crippen LogP contribution >= 0.6 is 0 Å². The van der Waals surface area contributed by atoms with Gasteiger partial charge in [-0.05, 0) is 35.8 Å². The fraction of sp³-hybridized carbons (Fsp3) is 0.516. The van der Waals surface area contributed by atoms with Gasteiger partial charge in [-0.2, -0.15) is 0 Å². The third-order valence-electron chi connectivity index (χ3n) is 8.84. The van der Waals surface area contributed by atoms with E-state index in [-0.39, 0.29) is 12.0 Å². The fourth-order valence-electron chi connectivity index (χ4n) is 6.47. The molecule has 0 amide bonds. The first kappa shape index (κ1) is 26.0. The van der Waals surface area contributed by atoms with E-state index in [1.165, 1.54) is 16.7 Å². The van der Waals surface area contributed by atoms with E-state index in [2.05, 4.69) is 64.1 Å². The van der Waals surface area contributed by atoms with Gasteiger partial charge in [-0.3, -0.25) is 9.80 Å². The SMILES string of the molecule is CO[C@@H](C)C1=Cc2ccccc2C1c1nc(N2CCOCC2)c2nc(CN3CC(N4CCOCC4)C3)ccc2n1. The van der Waals surface area contributed by atoms with Gasteiger partial charge in [0, 0.05) is 59.0 Å². The van der Waals surface area contributed by atoms with Crippen LogP contribution in [0, 0.1) is 0 Å². The minimum Gasteiger partial charge on any atom is -0.379 e. The number of aromatic nitrogens is 3. The summed E-state index contributed by atoms with van der Waals surface area (Å²) in [4.78, 5) is 22.9. The number of benzene rings is 1. The molecule has 0 saturated carbocycles. The predicted molar refractivity (Wildman–Crippen MR) is 155 cm³/mol. The summed E-state index contributed by atoms with van der Waals surface area (Å²) in [6.45, 7) is 11.9. The van der Waals surface area contributed by atoms with Gasteiger partial charge < -0.3 is 19.1 Å². The van der Waals surface area contributed by atoms with Gasteiger partial charge in [0.05, 0.1) is 49.7 Å². The van der Waals surface area contributed by atoms with Crippen LogP contribution in [0.4, 0.5) is 5.82 Å². The van der Waals surface area contributed by atoms with E-state index in [0.29, 0.717) is 19.3 Å². The predicted octanol–water partition coefficient (Wildman–Crippen LogP) is 2.94. The Balaban J connectivity index is 1.21. The number of fused-ring (bicyclic) bond motifs is 2. The van der Waals surface area contributed by atoms with Gasteiger partial charge in [0.25, 0.3) is 0 Å². The van der Waals surface area contributed by atoms with E-state index in [1.807, 2.05) is 0 Å². The maximum atomic E-state index is 5.79. The molecule has 4 aliphatic rings. The topological polar surface area (TPSA) is 76.1 Å². The third kappa shape index (κ3) is 4.90. The number of ether oxygens (including phenoxy) is 3. The highest BCUT2D eigenvalue weighted by Gasteiger charge is 2.34. The van der Waals surface area contributed by atoms with Crippen LogP contribution in [0.15, 0.2) is 42.0 Å². The van der Waals surface area contributed by atoms with Gasteiger partial charge in [0.2, 0.25) is 0 Å². The molecule has 0 radical (unpaired) electrons. The highest BCUT2D eigenvalue weighted by atomic mass is 16.5. The normalized spacial score (nSPS) is 23.2. The maximum Gasteiger partial charge on any atom is 0.159 e. The van der Waals surface area contributed by atoms with Crippen LogP contribution in [0.2, 0.25) is 0 Å². The summed E-state index contributed by atoms with van der Waals surface area (Å²) in [6, 6.07) is 13.4. The molecule has 3 saturated heterocycles. The number of rotatable bonds is 7. The molecule has 2 atom stereocenters.